The number of hydrogen-bond acceptors (Lipinski definition) is 3. The van der Waals surface area contributed by atoms with Crippen molar-refractivity contribution in [3.05, 3.63) is 21.0 Å². The first-order valence-corrected chi connectivity index (χ1v) is 8.46. The van der Waals surface area contributed by atoms with E-state index in [9.17, 15) is 4.79 Å². The third-order valence-electron chi connectivity index (χ3n) is 4.60. The van der Waals surface area contributed by atoms with Crippen LogP contribution in [-0.4, -0.2) is 15.8 Å². The number of aromatic nitrogens is 2. The van der Waals surface area contributed by atoms with Gasteiger partial charge in [-0.3, -0.25) is 4.79 Å². The molecule has 4 nitrogen and oxygen atoms in total. The standard InChI is InChI=1S/C15H22BrN3O/c1-10(12-4-2-3-5-12)18-13-8-17-19(9-11-6-7-11)15(20)14(13)16/h8,10-12,18H,2-7,9H2,1H3. The normalized spacial score (nSPS) is 21.1. The molecule has 1 N–H and O–H groups in total. The molecule has 110 valence electrons. The highest BCUT2D eigenvalue weighted by Gasteiger charge is 2.25. The Morgan fingerprint density at radius 1 is 1.40 bits per heavy atom. The molecule has 0 aliphatic heterocycles. The highest BCUT2D eigenvalue weighted by molar-refractivity contribution is 9.10. The van der Waals surface area contributed by atoms with E-state index < -0.39 is 0 Å². The van der Waals surface area contributed by atoms with Gasteiger partial charge in [0.05, 0.1) is 11.9 Å². The summed E-state index contributed by atoms with van der Waals surface area (Å²) in [5.41, 5.74) is 0.821. The summed E-state index contributed by atoms with van der Waals surface area (Å²) in [6.07, 6.45) is 9.49. The van der Waals surface area contributed by atoms with Crippen LogP contribution in [0.4, 0.5) is 5.69 Å². The van der Waals surface area contributed by atoms with Crippen molar-refractivity contribution in [2.75, 3.05) is 5.32 Å². The molecule has 2 aliphatic carbocycles. The molecular weight excluding hydrogens is 318 g/mol. The number of anilines is 1. The Balaban J connectivity index is 1.72. The van der Waals surface area contributed by atoms with Crippen molar-refractivity contribution >= 4 is 21.6 Å². The smallest absolute Gasteiger partial charge is 0.283 e. The van der Waals surface area contributed by atoms with Gasteiger partial charge in [0.2, 0.25) is 0 Å². The minimum absolute atomic E-state index is 0.0134. The van der Waals surface area contributed by atoms with E-state index in [0.29, 0.717) is 16.4 Å². The maximum absolute atomic E-state index is 12.3. The van der Waals surface area contributed by atoms with E-state index in [0.717, 1.165) is 18.2 Å². The van der Waals surface area contributed by atoms with Crippen molar-refractivity contribution in [2.45, 2.75) is 58.0 Å². The van der Waals surface area contributed by atoms with Gasteiger partial charge in [0.25, 0.3) is 5.56 Å². The summed E-state index contributed by atoms with van der Waals surface area (Å²) < 4.78 is 2.21. The molecule has 0 aromatic carbocycles. The first-order valence-electron chi connectivity index (χ1n) is 7.67. The third kappa shape index (κ3) is 3.08. The Kier molecular flexibility index (Phi) is 4.15. The molecule has 1 heterocycles. The van der Waals surface area contributed by atoms with Crippen LogP contribution in [0.25, 0.3) is 0 Å². The Hall–Kier alpha value is -0.840. The molecule has 2 saturated carbocycles. The van der Waals surface area contributed by atoms with Gasteiger partial charge in [-0.15, -0.1) is 0 Å². The average Bonchev–Trinajstić information content (AvgIpc) is 3.07. The van der Waals surface area contributed by atoms with Gasteiger partial charge < -0.3 is 5.32 Å². The Morgan fingerprint density at radius 2 is 2.10 bits per heavy atom. The van der Waals surface area contributed by atoms with Crippen molar-refractivity contribution in [1.82, 2.24) is 9.78 Å². The van der Waals surface area contributed by atoms with Crippen LogP contribution in [0, 0.1) is 11.8 Å². The maximum atomic E-state index is 12.3. The minimum atomic E-state index is -0.0134. The fraction of sp³-hybridized carbons (Fsp3) is 0.733. The second-order valence-electron chi connectivity index (χ2n) is 6.28. The summed E-state index contributed by atoms with van der Waals surface area (Å²) in [5.74, 6) is 1.37. The van der Waals surface area contributed by atoms with Gasteiger partial charge in [-0.2, -0.15) is 5.10 Å². The number of nitrogens with one attached hydrogen (secondary N) is 1. The molecule has 5 heteroatoms. The molecule has 20 heavy (non-hydrogen) atoms. The number of rotatable bonds is 5. The summed E-state index contributed by atoms with van der Waals surface area (Å²) in [4.78, 5) is 12.3. The van der Waals surface area contributed by atoms with Crippen LogP contribution in [0.2, 0.25) is 0 Å². The molecule has 2 aliphatic rings. The highest BCUT2D eigenvalue weighted by atomic mass is 79.9. The van der Waals surface area contributed by atoms with E-state index in [-0.39, 0.29) is 5.56 Å². The fourth-order valence-corrected chi connectivity index (χ4v) is 3.48. The number of nitrogens with zero attached hydrogens (tertiary/aromatic N) is 2. The summed E-state index contributed by atoms with van der Waals surface area (Å²) in [7, 11) is 0. The molecule has 0 saturated heterocycles. The van der Waals surface area contributed by atoms with Gasteiger partial charge >= 0.3 is 0 Å². The Bertz CT molecular complexity index is 532. The summed E-state index contributed by atoms with van der Waals surface area (Å²) in [6, 6.07) is 0.397. The summed E-state index contributed by atoms with van der Waals surface area (Å²) >= 11 is 3.44. The highest BCUT2D eigenvalue weighted by Crippen LogP contribution is 2.31. The fourth-order valence-electron chi connectivity index (χ4n) is 3.06. The van der Waals surface area contributed by atoms with Crippen LogP contribution in [0.15, 0.2) is 15.5 Å². The van der Waals surface area contributed by atoms with E-state index in [1.807, 2.05) is 0 Å². The van der Waals surface area contributed by atoms with Crippen molar-refractivity contribution in [3.63, 3.8) is 0 Å². The molecule has 0 radical (unpaired) electrons. The molecule has 1 unspecified atom stereocenters. The van der Waals surface area contributed by atoms with Crippen LogP contribution in [0.3, 0.4) is 0 Å². The zero-order chi connectivity index (χ0) is 14.1. The maximum Gasteiger partial charge on any atom is 0.283 e. The van der Waals surface area contributed by atoms with E-state index in [1.165, 1.54) is 38.5 Å². The predicted molar refractivity (Wildman–Crippen MR) is 84.0 cm³/mol. The van der Waals surface area contributed by atoms with Crippen LogP contribution in [0.5, 0.6) is 0 Å². The van der Waals surface area contributed by atoms with Crippen molar-refractivity contribution in [3.8, 4) is 0 Å². The third-order valence-corrected chi connectivity index (χ3v) is 5.37. The zero-order valence-electron chi connectivity index (χ0n) is 11.9. The molecule has 1 atom stereocenters. The van der Waals surface area contributed by atoms with E-state index in [1.54, 1.807) is 10.9 Å². The van der Waals surface area contributed by atoms with Gasteiger partial charge in [0.1, 0.15) is 4.47 Å². The number of halogens is 1. The first kappa shape index (κ1) is 14.1. The van der Waals surface area contributed by atoms with Gasteiger partial charge in [-0.25, -0.2) is 4.68 Å². The second kappa shape index (κ2) is 5.88. The average molecular weight is 340 g/mol. The first-order chi connectivity index (χ1) is 9.65. The monoisotopic (exact) mass is 339 g/mol. The molecule has 0 spiro atoms. The van der Waals surface area contributed by atoms with Crippen LogP contribution in [-0.2, 0) is 6.54 Å². The molecule has 2 fully saturated rings. The summed E-state index contributed by atoms with van der Waals surface area (Å²) in [6.45, 7) is 2.97. The largest absolute Gasteiger partial charge is 0.380 e. The van der Waals surface area contributed by atoms with Crippen molar-refractivity contribution < 1.29 is 0 Å². The molecule has 1 aromatic heterocycles. The molecule has 0 bridgehead atoms. The SMILES string of the molecule is CC(Nc1cnn(CC2CC2)c(=O)c1Br)C1CCCC1. The van der Waals surface area contributed by atoms with Crippen LogP contribution >= 0.6 is 15.9 Å². The van der Waals surface area contributed by atoms with Gasteiger partial charge in [0.15, 0.2) is 0 Å². The van der Waals surface area contributed by atoms with Crippen molar-refractivity contribution in [2.24, 2.45) is 11.8 Å². The lowest BCUT2D eigenvalue weighted by molar-refractivity contribution is 0.480. The molecule has 1 aromatic rings. The lowest BCUT2D eigenvalue weighted by atomic mass is 10.00. The molecule has 3 rings (SSSR count). The minimum Gasteiger partial charge on any atom is -0.380 e. The lowest BCUT2D eigenvalue weighted by Gasteiger charge is -2.22. The Labute approximate surface area is 128 Å². The van der Waals surface area contributed by atoms with Crippen LogP contribution < -0.4 is 10.9 Å². The molecule has 0 amide bonds. The van der Waals surface area contributed by atoms with Crippen molar-refractivity contribution in [1.29, 1.82) is 0 Å². The van der Waals surface area contributed by atoms with E-state index >= 15 is 0 Å². The Morgan fingerprint density at radius 3 is 2.75 bits per heavy atom. The summed E-state index contributed by atoms with van der Waals surface area (Å²) in [5, 5.41) is 7.78. The number of hydrogen-bond donors (Lipinski definition) is 1. The van der Waals surface area contributed by atoms with Crippen LogP contribution in [0.1, 0.15) is 45.4 Å². The molecular formula is C15H22BrN3O. The van der Waals surface area contributed by atoms with Gasteiger partial charge in [-0.1, -0.05) is 12.8 Å². The zero-order valence-corrected chi connectivity index (χ0v) is 13.5. The topological polar surface area (TPSA) is 46.9 Å². The second-order valence-corrected chi connectivity index (χ2v) is 7.07. The lowest BCUT2D eigenvalue weighted by Crippen LogP contribution is -2.29. The predicted octanol–water partition coefficient (Wildman–Crippen LogP) is 3.41. The quantitative estimate of drug-likeness (QED) is 0.894. The van der Waals surface area contributed by atoms with Gasteiger partial charge in [-0.05, 0) is 60.4 Å². The van der Waals surface area contributed by atoms with Gasteiger partial charge in [0, 0.05) is 12.6 Å². The van der Waals surface area contributed by atoms with E-state index in [4.69, 9.17) is 0 Å². The van der Waals surface area contributed by atoms with E-state index in [2.05, 4.69) is 33.3 Å².